The van der Waals surface area contributed by atoms with Gasteiger partial charge in [0.1, 0.15) is 5.75 Å². The van der Waals surface area contributed by atoms with Crippen LogP contribution in [0.3, 0.4) is 0 Å². The van der Waals surface area contributed by atoms with E-state index >= 15 is 0 Å². The van der Waals surface area contributed by atoms with Crippen molar-refractivity contribution in [2.75, 3.05) is 0 Å². The van der Waals surface area contributed by atoms with Crippen LogP contribution in [0.2, 0.25) is 0 Å². The van der Waals surface area contributed by atoms with Crippen molar-refractivity contribution in [3.8, 4) is 5.75 Å². The van der Waals surface area contributed by atoms with Crippen LogP contribution in [0.1, 0.15) is 27.9 Å². The first-order valence-electron chi connectivity index (χ1n) is 5.26. The third kappa shape index (κ3) is 1.86. The molecule has 0 saturated carbocycles. The molecular weight excluding hydrogens is 249 g/mol. The molecule has 98 valence electrons. The van der Waals surface area contributed by atoms with E-state index in [0.717, 1.165) is 0 Å². The first kappa shape index (κ1) is 12.9. The number of rotatable bonds is 0. The SMILES string of the molecule is Cc1cc(C)c2c(c1)OC(O)(C(F)(F)F)CC2=O. The number of benzene rings is 1. The summed E-state index contributed by atoms with van der Waals surface area (Å²) in [7, 11) is 0. The van der Waals surface area contributed by atoms with Crippen molar-refractivity contribution >= 4 is 5.78 Å². The van der Waals surface area contributed by atoms with E-state index in [1.807, 2.05) is 0 Å². The second-order valence-electron chi connectivity index (χ2n) is 4.44. The molecule has 0 fully saturated rings. The zero-order valence-corrected chi connectivity index (χ0v) is 9.76. The minimum atomic E-state index is -5.02. The maximum atomic E-state index is 12.7. The molecule has 1 aliphatic heterocycles. The first-order valence-corrected chi connectivity index (χ1v) is 5.26. The van der Waals surface area contributed by atoms with Crippen LogP contribution < -0.4 is 4.74 Å². The maximum Gasteiger partial charge on any atom is 0.455 e. The lowest BCUT2D eigenvalue weighted by Crippen LogP contribution is -2.54. The molecule has 0 amide bonds. The number of hydrogen-bond acceptors (Lipinski definition) is 3. The zero-order chi connectivity index (χ0) is 13.7. The van der Waals surface area contributed by atoms with Gasteiger partial charge in [0.25, 0.3) is 0 Å². The lowest BCUT2D eigenvalue weighted by molar-refractivity contribution is -0.334. The lowest BCUT2D eigenvalue weighted by Gasteiger charge is -2.35. The predicted octanol–water partition coefficient (Wildman–Crippen LogP) is 2.52. The topological polar surface area (TPSA) is 46.5 Å². The summed E-state index contributed by atoms with van der Waals surface area (Å²) in [4.78, 5) is 11.7. The Balaban J connectivity index is 2.56. The van der Waals surface area contributed by atoms with Gasteiger partial charge in [0.2, 0.25) is 0 Å². The summed E-state index contributed by atoms with van der Waals surface area (Å²) < 4.78 is 42.6. The van der Waals surface area contributed by atoms with Gasteiger partial charge in [0.05, 0.1) is 12.0 Å². The van der Waals surface area contributed by atoms with Crippen LogP contribution in [-0.2, 0) is 0 Å². The minimum Gasteiger partial charge on any atom is -0.452 e. The number of fused-ring (bicyclic) bond motifs is 1. The maximum absolute atomic E-state index is 12.7. The molecule has 0 aliphatic carbocycles. The standard InChI is InChI=1S/C12H11F3O3/c1-6-3-7(2)10-8(16)5-11(17,12(13,14)15)18-9(10)4-6/h3-4,17H,5H2,1-2H3. The monoisotopic (exact) mass is 260 g/mol. The van der Waals surface area contributed by atoms with Gasteiger partial charge in [-0.3, -0.25) is 4.79 Å². The molecular formula is C12H11F3O3. The van der Waals surface area contributed by atoms with Crippen LogP contribution in [-0.4, -0.2) is 22.9 Å². The molecule has 0 aromatic heterocycles. The van der Waals surface area contributed by atoms with Gasteiger partial charge >= 0.3 is 12.0 Å². The highest BCUT2D eigenvalue weighted by atomic mass is 19.4. The highest BCUT2D eigenvalue weighted by molar-refractivity contribution is 6.01. The summed E-state index contributed by atoms with van der Waals surface area (Å²) in [5.74, 6) is -4.42. The summed E-state index contributed by atoms with van der Waals surface area (Å²) in [6.07, 6.45) is -6.13. The van der Waals surface area contributed by atoms with Gasteiger partial charge in [-0.2, -0.15) is 13.2 Å². The minimum absolute atomic E-state index is 0.106. The van der Waals surface area contributed by atoms with Gasteiger partial charge in [-0.25, -0.2) is 0 Å². The number of aliphatic hydroxyl groups is 1. The van der Waals surface area contributed by atoms with Gasteiger partial charge in [-0.05, 0) is 31.0 Å². The van der Waals surface area contributed by atoms with Crippen molar-refractivity contribution in [2.45, 2.75) is 32.2 Å². The summed E-state index contributed by atoms with van der Waals surface area (Å²) >= 11 is 0. The summed E-state index contributed by atoms with van der Waals surface area (Å²) in [5.41, 5.74) is 1.30. The molecule has 18 heavy (non-hydrogen) atoms. The van der Waals surface area contributed by atoms with E-state index in [1.165, 1.54) is 6.07 Å². The summed E-state index contributed by atoms with van der Waals surface area (Å²) in [5, 5.41) is 9.44. The van der Waals surface area contributed by atoms with Crippen molar-refractivity contribution in [3.63, 3.8) is 0 Å². The highest BCUT2D eigenvalue weighted by Crippen LogP contribution is 2.42. The average molecular weight is 260 g/mol. The predicted molar refractivity (Wildman–Crippen MR) is 56.5 cm³/mol. The summed E-state index contributed by atoms with van der Waals surface area (Å²) in [6.45, 7) is 3.29. The van der Waals surface area contributed by atoms with E-state index < -0.39 is 24.2 Å². The largest absolute Gasteiger partial charge is 0.455 e. The molecule has 1 aliphatic rings. The quantitative estimate of drug-likeness (QED) is 0.779. The van der Waals surface area contributed by atoms with E-state index in [4.69, 9.17) is 0 Å². The molecule has 3 nitrogen and oxygen atoms in total. The molecule has 0 bridgehead atoms. The third-order valence-corrected chi connectivity index (χ3v) is 2.84. The van der Waals surface area contributed by atoms with E-state index in [1.54, 1.807) is 19.9 Å². The molecule has 0 saturated heterocycles. The Morgan fingerprint density at radius 3 is 2.50 bits per heavy atom. The number of carbonyl (C=O) groups excluding carboxylic acids is 1. The van der Waals surface area contributed by atoms with Crippen LogP contribution in [0.25, 0.3) is 0 Å². The average Bonchev–Trinajstić information content (AvgIpc) is 2.12. The Labute approximate surface area is 101 Å². The van der Waals surface area contributed by atoms with Crippen LogP contribution >= 0.6 is 0 Å². The van der Waals surface area contributed by atoms with Crippen molar-refractivity contribution < 1.29 is 27.8 Å². The number of alkyl halides is 3. The van der Waals surface area contributed by atoms with E-state index in [-0.39, 0.29) is 11.3 Å². The Morgan fingerprint density at radius 2 is 1.94 bits per heavy atom. The lowest BCUT2D eigenvalue weighted by atomic mass is 9.93. The van der Waals surface area contributed by atoms with Gasteiger partial charge in [0.15, 0.2) is 5.78 Å². The van der Waals surface area contributed by atoms with Crippen LogP contribution in [0.5, 0.6) is 5.75 Å². The Hall–Kier alpha value is -1.56. The number of aryl methyl sites for hydroxylation is 2. The normalized spacial score (nSPS) is 23.6. The van der Waals surface area contributed by atoms with Crippen LogP contribution in [0.15, 0.2) is 12.1 Å². The fourth-order valence-electron chi connectivity index (χ4n) is 2.05. The fourth-order valence-corrected chi connectivity index (χ4v) is 2.05. The van der Waals surface area contributed by atoms with Gasteiger partial charge < -0.3 is 9.84 Å². The van der Waals surface area contributed by atoms with E-state index in [2.05, 4.69) is 4.74 Å². The van der Waals surface area contributed by atoms with Crippen molar-refractivity contribution in [3.05, 3.63) is 28.8 Å². The Morgan fingerprint density at radius 1 is 1.33 bits per heavy atom. The van der Waals surface area contributed by atoms with E-state index in [9.17, 15) is 23.1 Å². The number of carbonyl (C=O) groups is 1. The van der Waals surface area contributed by atoms with Crippen molar-refractivity contribution in [1.82, 2.24) is 0 Å². The van der Waals surface area contributed by atoms with Gasteiger partial charge in [0, 0.05) is 0 Å². The molecule has 1 heterocycles. The van der Waals surface area contributed by atoms with Crippen molar-refractivity contribution in [2.24, 2.45) is 0 Å². The molecule has 1 unspecified atom stereocenters. The van der Waals surface area contributed by atoms with Crippen LogP contribution in [0, 0.1) is 13.8 Å². The Bertz CT molecular complexity index is 522. The number of hydrogen-bond donors (Lipinski definition) is 1. The van der Waals surface area contributed by atoms with Crippen LogP contribution in [0.4, 0.5) is 13.2 Å². The fraction of sp³-hybridized carbons (Fsp3) is 0.417. The van der Waals surface area contributed by atoms with E-state index in [0.29, 0.717) is 11.1 Å². The number of ketones is 1. The molecule has 1 N–H and O–H groups in total. The second kappa shape index (κ2) is 3.71. The molecule has 0 spiro atoms. The summed E-state index contributed by atoms with van der Waals surface area (Å²) in [6, 6.07) is 2.99. The molecule has 6 heteroatoms. The molecule has 2 rings (SSSR count). The number of halogens is 3. The smallest absolute Gasteiger partial charge is 0.452 e. The first-order chi connectivity index (χ1) is 8.14. The molecule has 1 aromatic carbocycles. The second-order valence-corrected chi connectivity index (χ2v) is 4.44. The zero-order valence-electron chi connectivity index (χ0n) is 9.76. The number of Topliss-reactive ketones (excluding diaryl/α,β-unsaturated/α-hetero) is 1. The number of ether oxygens (including phenoxy) is 1. The third-order valence-electron chi connectivity index (χ3n) is 2.84. The molecule has 0 radical (unpaired) electrons. The highest BCUT2D eigenvalue weighted by Gasteiger charge is 2.60. The Kier molecular flexibility index (Phi) is 2.66. The molecule has 1 atom stereocenters. The van der Waals surface area contributed by atoms with Crippen molar-refractivity contribution in [1.29, 1.82) is 0 Å². The molecule has 1 aromatic rings. The van der Waals surface area contributed by atoms with Gasteiger partial charge in [-0.15, -0.1) is 0 Å². The van der Waals surface area contributed by atoms with Gasteiger partial charge in [-0.1, -0.05) is 6.07 Å².